The maximum atomic E-state index is 12.1. The molecule has 5 heteroatoms. The Labute approximate surface area is 124 Å². The number of hydrogen-bond donors (Lipinski definition) is 1. The molecule has 0 saturated heterocycles. The van der Waals surface area contributed by atoms with Crippen molar-refractivity contribution in [3.8, 4) is 0 Å². The molecule has 0 radical (unpaired) electrons. The lowest BCUT2D eigenvalue weighted by Gasteiger charge is -2.36. The molecule has 4 nitrogen and oxygen atoms in total. The van der Waals surface area contributed by atoms with Crippen molar-refractivity contribution in [1.82, 2.24) is 4.90 Å². The second-order valence-corrected chi connectivity index (χ2v) is 6.17. The lowest BCUT2D eigenvalue weighted by Crippen LogP contribution is -2.39. The maximum absolute atomic E-state index is 12.1. The van der Waals surface area contributed by atoms with E-state index in [1.165, 1.54) is 4.90 Å². The van der Waals surface area contributed by atoms with Crippen molar-refractivity contribution in [3.05, 3.63) is 28.8 Å². The fourth-order valence-electron chi connectivity index (χ4n) is 2.22. The third kappa shape index (κ3) is 2.80. The first-order valence-electron chi connectivity index (χ1n) is 6.66. The second-order valence-electron chi connectivity index (χ2n) is 5.76. The number of halogens is 1. The number of anilines is 1. The van der Waals surface area contributed by atoms with E-state index in [2.05, 4.69) is 5.32 Å². The zero-order chi connectivity index (χ0) is 14.9. The monoisotopic (exact) mass is 294 g/mol. The van der Waals surface area contributed by atoms with Gasteiger partial charge in [-0.05, 0) is 31.0 Å². The first-order chi connectivity index (χ1) is 9.33. The van der Waals surface area contributed by atoms with Gasteiger partial charge in [-0.15, -0.1) is 0 Å². The van der Waals surface area contributed by atoms with Crippen LogP contribution in [0.25, 0.3) is 0 Å². The van der Waals surface area contributed by atoms with Gasteiger partial charge in [-0.25, -0.2) is 0 Å². The van der Waals surface area contributed by atoms with Crippen molar-refractivity contribution in [3.63, 3.8) is 0 Å². The number of carbonyl (C=O) groups excluding carboxylic acids is 2. The standard InChI is InChI=1S/C15H19ClN2O2/c1-15(7-4-8-15)14(20)17-10-5-6-11(12(16)9-10)13(19)18(2)3/h5-6,9H,4,7-8H2,1-3H3,(H,17,20). The predicted molar refractivity (Wildman–Crippen MR) is 80.1 cm³/mol. The predicted octanol–water partition coefficient (Wildman–Crippen LogP) is 3.17. The lowest BCUT2D eigenvalue weighted by molar-refractivity contribution is -0.128. The summed E-state index contributed by atoms with van der Waals surface area (Å²) in [6.45, 7) is 1.97. The number of nitrogens with zero attached hydrogens (tertiary/aromatic N) is 1. The summed E-state index contributed by atoms with van der Waals surface area (Å²) in [7, 11) is 3.34. The lowest BCUT2D eigenvalue weighted by atomic mass is 9.70. The zero-order valence-corrected chi connectivity index (χ0v) is 12.8. The molecule has 1 saturated carbocycles. The number of nitrogens with one attached hydrogen (secondary N) is 1. The van der Waals surface area contributed by atoms with Gasteiger partial charge in [0.2, 0.25) is 5.91 Å². The maximum Gasteiger partial charge on any atom is 0.254 e. The van der Waals surface area contributed by atoms with Crippen LogP contribution in [0, 0.1) is 5.41 Å². The van der Waals surface area contributed by atoms with Crippen LogP contribution in [-0.2, 0) is 4.79 Å². The van der Waals surface area contributed by atoms with E-state index in [4.69, 9.17) is 11.6 Å². The molecule has 108 valence electrons. The molecule has 0 aromatic heterocycles. The zero-order valence-electron chi connectivity index (χ0n) is 12.0. The van der Waals surface area contributed by atoms with Gasteiger partial charge in [-0.1, -0.05) is 24.9 Å². The van der Waals surface area contributed by atoms with E-state index in [1.807, 2.05) is 6.92 Å². The Hall–Kier alpha value is -1.55. The molecule has 0 heterocycles. The van der Waals surface area contributed by atoms with Gasteiger partial charge in [-0.2, -0.15) is 0 Å². The van der Waals surface area contributed by atoms with Gasteiger partial charge in [0.05, 0.1) is 10.6 Å². The van der Waals surface area contributed by atoms with Crippen LogP contribution in [0.4, 0.5) is 5.69 Å². The summed E-state index contributed by atoms with van der Waals surface area (Å²) in [6.07, 6.45) is 2.94. The fourth-order valence-corrected chi connectivity index (χ4v) is 2.48. The van der Waals surface area contributed by atoms with Crippen molar-refractivity contribution in [2.45, 2.75) is 26.2 Å². The van der Waals surface area contributed by atoms with Gasteiger partial charge in [0.25, 0.3) is 5.91 Å². The highest BCUT2D eigenvalue weighted by atomic mass is 35.5. The van der Waals surface area contributed by atoms with Crippen molar-refractivity contribution in [2.75, 3.05) is 19.4 Å². The van der Waals surface area contributed by atoms with Crippen LogP contribution in [0.1, 0.15) is 36.5 Å². The van der Waals surface area contributed by atoms with Gasteiger partial charge in [0, 0.05) is 25.2 Å². The Bertz CT molecular complexity index is 551. The van der Waals surface area contributed by atoms with Crippen LogP contribution in [0.15, 0.2) is 18.2 Å². The average molecular weight is 295 g/mol. The van der Waals surface area contributed by atoms with Gasteiger partial charge >= 0.3 is 0 Å². The summed E-state index contributed by atoms with van der Waals surface area (Å²) in [5.41, 5.74) is 0.804. The normalized spacial score (nSPS) is 16.2. The number of amides is 2. The van der Waals surface area contributed by atoms with Crippen LogP contribution >= 0.6 is 11.6 Å². The Morgan fingerprint density at radius 3 is 2.40 bits per heavy atom. The third-order valence-corrected chi connectivity index (χ3v) is 4.18. The van der Waals surface area contributed by atoms with E-state index in [9.17, 15) is 9.59 Å². The molecule has 1 N–H and O–H groups in total. The molecule has 1 aromatic rings. The topological polar surface area (TPSA) is 49.4 Å². The molecule has 1 fully saturated rings. The van der Waals surface area contributed by atoms with Crippen LogP contribution < -0.4 is 5.32 Å². The van der Waals surface area contributed by atoms with Crippen LogP contribution in [-0.4, -0.2) is 30.8 Å². The van der Waals surface area contributed by atoms with Gasteiger partial charge in [0.15, 0.2) is 0 Å². The Morgan fingerprint density at radius 2 is 1.95 bits per heavy atom. The molecule has 0 bridgehead atoms. The fraction of sp³-hybridized carbons (Fsp3) is 0.467. The summed E-state index contributed by atoms with van der Waals surface area (Å²) >= 11 is 6.12. The van der Waals surface area contributed by atoms with Crippen LogP contribution in [0.5, 0.6) is 0 Å². The summed E-state index contributed by atoms with van der Waals surface area (Å²) in [5.74, 6) is -0.134. The molecule has 0 atom stereocenters. The van der Waals surface area contributed by atoms with E-state index < -0.39 is 0 Å². The highest BCUT2D eigenvalue weighted by Crippen LogP contribution is 2.41. The van der Waals surface area contributed by atoms with E-state index in [1.54, 1.807) is 32.3 Å². The van der Waals surface area contributed by atoms with Crippen LogP contribution in [0.2, 0.25) is 5.02 Å². The first-order valence-corrected chi connectivity index (χ1v) is 7.04. The molecule has 0 spiro atoms. The quantitative estimate of drug-likeness (QED) is 0.931. The van der Waals surface area contributed by atoms with Gasteiger partial charge in [-0.3, -0.25) is 9.59 Å². The first kappa shape index (κ1) is 14.9. The molecule has 1 aliphatic rings. The van der Waals surface area contributed by atoms with E-state index in [-0.39, 0.29) is 17.2 Å². The van der Waals surface area contributed by atoms with Crippen LogP contribution in [0.3, 0.4) is 0 Å². The molecule has 2 amide bonds. The number of benzene rings is 1. The summed E-state index contributed by atoms with van der Waals surface area (Å²) in [6, 6.07) is 4.98. The van der Waals surface area contributed by atoms with Gasteiger partial charge < -0.3 is 10.2 Å². The second kappa shape index (κ2) is 5.44. The number of hydrogen-bond acceptors (Lipinski definition) is 2. The van der Waals surface area contributed by atoms with Crippen molar-refractivity contribution in [2.24, 2.45) is 5.41 Å². The minimum atomic E-state index is -0.259. The molecular weight excluding hydrogens is 276 g/mol. The smallest absolute Gasteiger partial charge is 0.254 e. The molecule has 2 rings (SSSR count). The molecule has 0 aliphatic heterocycles. The molecule has 1 aromatic carbocycles. The van der Waals surface area contributed by atoms with E-state index in [0.29, 0.717) is 16.3 Å². The summed E-state index contributed by atoms with van der Waals surface area (Å²) in [5, 5.41) is 3.22. The Balaban J connectivity index is 2.13. The Kier molecular flexibility index (Phi) is 4.04. The summed E-state index contributed by atoms with van der Waals surface area (Å²) < 4.78 is 0. The van der Waals surface area contributed by atoms with E-state index in [0.717, 1.165) is 19.3 Å². The minimum Gasteiger partial charge on any atom is -0.345 e. The van der Waals surface area contributed by atoms with E-state index >= 15 is 0 Å². The van der Waals surface area contributed by atoms with Gasteiger partial charge in [0.1, 0.15) is 0 Å². The summed E-state index contributed by atoms with van der Waals surface area (Å²) in [4.78, 5) is 25.5. The minimum absolute atomic E-state index is 0.0199. The Morgan fingerprint density at radius 1 is 1.30 bits per heavy atom. The largest absolute Gasteiger partial charge is 0.345 e. The third-order valence-electron chi connectivity index (χ3n) is 3.87. The average Bonchev–Trinajstić information content (AvgIpc) is 2.35. The van der Waals surface area contributed by atoms with Crippen molar-refractivity contribution < 1.29 is 9.59 Å². The molecular formula is C15H19ClN2O2. The van der Waals surface area contributed by atoms with Crippen molar-refractivity contribution in [1.29, 1.82) is 0 Å². The number of rotatable bonds is 3. The SMILES string of the molecule is CN(C)C(=O)c1ccc(NC(=O)C2(C)CCC2)cc1Cl. The number of carbonyl (C=O) groups is 2. The highest BCUT2D eigenvalue weighted by Gasteiger charge is 2.39. The molecule has 20 heavy (non-hydrogen) atoms. The van der Waals surface area contributed by atoms with Crippen molar-refractivity contribution >= 4 is 29.1 Å². The molecule has 1 aliphatic carbocycles. The molecule has 0 unspecified atom stereocenters. The highest BCUT2D eigenvalue weighted by molar-refractivity contribution is 6.34.